The first-order valence-electron chi connectivity index (χ1n) is 14.4. The molecule has 7 rings (SSSR count). The fraction of sp³-hybridized carbons (Fsp3) is 0.367. The fourth-order valence-corrected chi connectivity index (χ4v) is 5.41. The molecule has 2 aromatic carbocycles. The van der Waals surface area contributed by atoms with Crippen LogP contribution in [-0.2, 0) is 14.2 Å². The highest BCUT2D eigenvalue weighted by Gasteiger charge is 2.54. The minimum absolute atomic E-state index is 0.0480. The van der Waals surface area contributed by atoms with Gasteiger partial charge in [0.2, 0.25) is 0 Å². The van der Waals surface area contributed by atoms with Gasteiger partial charge in [0.1, 0.15) is 54.1 Å². The molecule has 2 aromatic heterocycles. The number of imidazole rings is 1. The van der Waals surface area contributed by atoms with Gasteiger partial charge in [0, 0.05) is 18.2 Å². The highest BCUT2D eigenvalue weighted by Crippen LogP contribution is 2.45. The molecule has 2 saturated heterocycles. The summed E-state index contributed by atoms with van der Waals surface area (Å²) in [5.41, 5.74) is 1.28. The maximum Gasteiger partial charge on any atom is 0.339 e. The zero-order valence-corrected chi connectivity index (χ0v) is 24.0. The monoisotopic (exact) mass is 620 g/mol. The van der Waals surface area contributed by atoms with Gasteiger partial charge in [-0.25, -0.2) is 28.9 Å². The Balaban J connectivity index is 1.16. The van der Waals surface area contributed by atoms with Gasteiger partial charge in [-0.05, 0) is 43.0 Å². The first kappa shape index (κ1) is 28.9. The highest BCUT2D eigenvalue weighted by molar-refractivity contribution is 5.95. The van der Waals surface area contributed by atoms with Gasteiger partial charge < -0.3 is 34.1 Å². The number of halogens is 1. The van der Waals surface area contributed by atoms with Crippen molar-refractivity contribution < 1.29 is 42.8 Å². The number of aromatic carboxylic acids is 1. The van der Waals surface area contributed by atoms with Crippen molar-refractivity contribution in [2.24, 2.45) is 5.92 Å². The lowest BCUT2D eigenvalue weighted by molar-refractivity contribution is -0.152. The number of carbonyl (C=O) groups is 2. The Labute approximate surface area is 255 Å². The Morgan fingerprint density at radius 1 is 1.07 bits per heavy atom. The Bertz CT molecular complexity index is 1730. The van der Waals surface area contributed by atoms with Crippen LogP contribution in [0, 0.1) is 11.7 Å². The van der Waals surface area contributed by atoms with Crippen molar-refractivity contribution in [2.45, 2.75) is 43.7 Å². The minimum atomic E-state index is -1.16. The number of carboxylic acid groups (broad SMARTS) is 1. The van der Waals surface area contributed by atoms with Crippen LogP contribution < -0.4 is 20.1 Å². The van der Waals surface area contributed by atoms with Gasteiger partial charge in [-0.2, -0.15) is 0 Å². The molecule has 4 aromatic rings. The summed E-state index contributed by atoms with van der Waals surface area (Å²) in [5, 5.41) is 15.3. The molecule has 3 aliphatic rings. The van der Waals surface area contributed by atoms with Crippen LogP contribution in [-0.4, -0.2) is 75.2 Å². The Morgan fingerprint density at radius 3 is 2.62 bits per heavy atom. The lowest BCUT2D eigenvalue weighted by Gasteiger charge is -2.22. The van der Waals surface area contributed by atoms with E-state index < -0.39 is 48.6 Å². The molecule has 5 atom stereocenters. The van der Waals surface area contributed by atoms with Gasteiger partial charge >= 0.3 is 12.0 Å². The number of urea groups is 1. The maximum absolute atomic E-state index is 13.6. The van der Waals surface area contributed by atoms with Crippen molar-refractivity contribution >= 4 is 29.0 Å². The summed E-state index contributed by atoms with van der Waals surface area (Å²) in [6.45, 7) is 0.493. The van der Waals surface area contributed by atoms with Gasteiger partial charge in [0.25, 0.3) is 0 Å². The van der Waals surface area contributed by atoms with E-state index in [4.69, 9.17) is 23.7 Å². The van der Waals surface area contributed by atoms with E-state index >= 15 is 0 Å². The highest BCUT2D eigenvalue weighted by atomic mass is 19.1. The standard InChI is InChI=1S/C30H29FN6O8/c1-41-18-8-9-19(28(38)39)20(10-18)42-12-21-23-24(45-29(44-23)16-4-6-17(31)7-5-16)27(43-21)37-14-35-22-25(33-13-34-26(22)37)36-30(40)32-11-15-2-3-15/h4-10,13-15,21,23-24,27,29H,2-3,11-12H2,1H3,(H,38,39)(H2,32,33,34,36,40)/t21?,23?,24?,27?,29-/m0/s1. The van der Waals surface area contributed by atoms with Crippen LogP contribution in [0.5, 0.6) is 11.5 Å². The fourth-order valence-electron chi connectivity index (χ4n) is 5.41. The third kappa shape index (κ3) is 5.84. The molecule has 2 amide bonds. The van der Waals surface area contributed by atoms with Crippen LogP contribution in [0.25, 0.3) is 11.2 Å². The van der Waals surface area contributed by atoms with E-state index in [1.165, 1.54) is 50.1 Å². The SMILES string of the molecule is COc1ccc(C(=O)O)c(OCC2OC(n3cnc4c(NC(=O)NCC5CC5)ncnc43)C3O[C@@H](c4ccc(F)cc4)OC23)c1. The van der Waals surface area contributed by atoms with Crippen LogP contribution >= 0.6 is 0 Å². The summed E-state index contributed by atoms with van der Waals surface area (Å²) in [7, 11) is 1.47. The van der Waals surface area contributed by atoms with Crippen molar-refractivity contribution in [3.05, 3.63) is 72.1 Å². The number of amides is 2. The molecule has 1 saturated carbocycles. The van der Waals surface area contributed by atoms with Crippen LogP contribution in [0.15, 0.2) is 55.1 Å². The number of ether oxygens (including phenoxy) is 5. The number of fused-ring (bicyclic) bond motifs is 2. The summed E-state index contributed by atoms with van der Waals surface area (Å²) in [6, 6.07) is 9.80. The van der Waals surface area contributed by atoms with E-state index in [1.54, 1.807) is 16.7 Å². The van der Waals surface area contributed by atoms with Gasteiger partial charge in [0.05, 0.1) is 13.4 Å². The lowest BCUT2D eigenvalue weighted by atomic mass is 10.1. The van der Waals surface area contributed by atoms with E-state index in [-0.39, 0.29) is 23.7 Å². The van der Waals surface area contributed by atoms with Gasteiger partial charge in [0.15, 0.2) is 29.5 Å². The van der Waals surface area contributed by atoms with E-state index in [0.29, 0.717) is 34.9 Å². The normalized spacial score (nSPS) is 23.9. The zero-order valence-electron chi connectivity index (χ0n) is 24.0. The Kier molecular flexibility index (Phi) is 7.64. The summed E-state index contributed by atoms with van der Waals surface area (Å²) >= 11 is 0. The largest absolute Gasteiger partial charge is 0.497 e. The van der Waals surface area contributed by atoms with E-state index in [1.807, 2.05) is 0 Å². The van der Waals surface area contributed by atoms with Crippen LogP contribution in [0.2, 0.25) is 0 Å². The topological polar surface area (TPSA) is 168 Å². The molecule has 4 heterocycles. The lowest BCUT2D eigenvalue weighted by Crippen LogP contribution is -2.33. The van der Waals surface area contributed by atoms with Crippen molar-refractivity contribution in [1.82, 2.24) is 24.8 Å². The van der Waals surface area contributed by atoms with Gasteiger partial charge in [-0.15, -0.1) is 0 Å². The molecule has 0 spiro atoms. The number of benzene rings is 2. The molecule has 1 aliphatic carbocycles. The zero-order chi connectivity index (χ0) is 31.1. The number of methoxy groups -OCH3 is 1. The second-order valence-corrected chi connectivity index (χ2v) is 11.0. The summed E-state index contributed by atoms with van der Waals surface area (Å²) in [4.78, 5) is 37.4. The first-order valence-corrected chi connectivity index (χ1v) is 14.4. The number of hydrogen-bond acceptors (Lipinski definition) is 10. The molecule has 3 N–H and O–H groups in total. The molecular formula is C30H29FN6O8. The molecule has 0 radical (unpaired) electrons. The van der Waals surface area contributed by atoms with Crippen LogP contribution in [0.1, 0.15) is 41.3 Å². The summed E-state index contributed by atoms with van der Waals surface area (Å²) in [6.07, 6.45) is 1.29. The number of anilines is 1. The van der Waals surface area contributed by atoms with Crippen molar-refractivity contribution in [3.63, 3.8) is 0 Å². The molecule has 14 nitrogen and oxygen atoms in total. The Morgan fingerprint density at radius 2 is 1.87 bits per heavy atom. The molecule has 4 unspecified atom stereocenters. The minimum Gasteiger partial charge on any atom is -0.497 e. The molecule has 0 bridgehead atoms. The summed E-state index contributed by atoms with van der Waals surface area (Å²) in [5.74, 6) is -0.304. The van der Waals surface area contributed by atoms with E-state index in [2.05, 4.69) is 25.6 Å². The summed E-state index contributed by atoms with van der Waals surface area (Å²) < 4.78 is 45.5. The molecule has 15 heteroatoms. The number of carbonyl (C=O) groups excluding carboxylic acids is 1. The van der Waals surface area contributed by atoms with Gasteiger partial charge in [-0.3, -0.25) is 9.88 Å². The first-order chi connectivity index (χ1) is 21.9. The number of aromatic nitrogens is 4. The molecule has 45 heavy (non-hydrogen) atoms. The average molecular weight is 621 g/mol. The van der Waals surface area contributed by atoms with Crippen molar-refractivity contribution in [3.8, 4) is 11.5 Å². The number of hydrogen-bond donors (Lipinski definition) is 3. The Hall–Kier alpha value is -4.86. The smallest absolute Gasteiger partial charge is 0.339 e. The van der Waals surface area contributed by atoms with Crippen LogP contribution in [0.3, 0.4) is 0 Å². The van der Waals surface area contributed by atoms with Crippen molar-refractivity contribution in [1.29, 1.82) is 0 Å². The third-order valence-corrected chi connectivity index (χ3v) is 7.92. The van der Waals surface area contributed by atoms with Crippen molar-refractivity contribution in [2.75, 3.05) is 25.6 Å². The third-order valence-electron chi connectivity index (χ3n) is 7.92. The van der Waals surface area contributed by atoms with Gasteiger partial charge in [-0.1, -0.05) is 12.1 Å². The predicted octanol–water partition coefficient (Wildman–Crippen LogP) is 3.66. The number of nitrogens with zero attached hydrogens (tertiary/aromatic N) is 4. The quantitative estimate of drug-likeness (QED) is 0.237. The number of nitrogens with one attached hydrogen (secondary N) is 2. The van der Waals surface area contributed by atoms with E-state index in [0.717, 1.165) is 12.8 Å². The molecule has 3 fully saturated rings. The molecule has 2 aliphatic heterocycles. The average Bonchev–Trinajstić information content (AvgIpc) is 3.45. The number of rotatable bonds is 10. The second kappa shape index (κ2) is 11.9. The number of carboxylic acids is 1. The van der Waals surface area contributed by atoms with E-state index in [9.17, 15) is 19.1 Å². The second-order valence-electron chi connectivity index (χ2n) is 11.0. The predicted molar refractivity (Wildman–Crippen MR) is 153 cm³/mol. The van der Waals surface area contributed by atoms with Crippen LogP contribution in [0.4, 0.5) is 15.0 Å². The molecular weight excluding hydrogens is 591 g/mol. The molecule has 234 valence electrons. The maximum atomic E-state index is 13.6.